The van der Waals surface area contributed by atoms with E-state index >= 15 is 0 Å². The lowest BCUT2D eigenvalue weighted by molar-refractivity contribution is -0.113. The van der Waals surface area contributed by atoms with Crippen LogP contribution >= 0.6 is 11.8 Å². The number of nitrogens with one attached hydrogen (secondary N) is 2. The normalized spacial score (nSPS) is 10.9. The third-order valence-electron chi connectivity index (χ3n) is 5.06. The smallest absolute Gasteiger partial charge is 0.251 e. The van der Waals surface area contributed by atoms with Crippen LogP contribution in [0.1, 0.15) is 10.4 Å². The number of amides is 2. The molecule has 4 aromatic rings. The summed E-state index contributed by atoms with van der Waals surface area (Å²) < 4.78 is 41.8. The highest BCUT2D eigenvalue weighted by atomic mass is 32.2. The van der Waals surface area contributed by atoms with Crippen LogP contribution in [0, 0.1) is 17.5 Å². The number of anilines is 1. The van der Waals surface area contributed by atoms with Gasteiger partial charge in [-0.1, -0.05) is 18.2 Å². The molecule has 0 spiro atoms. The average Bonchev–Trinajstić information content (AvgIpc) is 3.18. The summed E-state index contributed by atoms with van der Waals surface area (Å²) in [7, 11) is 0. The Morgan fingerprint density at radius 1 is 0.912 bits per heavy atom. The Morgan fingerprint density at radius 2 is 1.65 bits per heavy atom. The summed E-state index contributed by atoms with van der Waals surface area (Å²) in [6.45, 7) is 0.838. The van der Waals surface area contributed by atoms with E-state index in [4.69, 9.17) is 0 Å². The Balaban J connectivity index is 1.38. The summed E-state index contributed by atoms with van der Waals surface area (Å²) in [4.78, 5) is 25.4. The minimum Gasteiger partial charge on any atom is -0.350 e. The molecular weight excluding hydrogens is 463 g/mol. The first-order chi connectivity index (χ1) is 16.4. The molecule has 0 fully saturated rings. The van der Waals surface area contributed by atoms with Crippen molar-refractivity contribution < 1.29 is 22.8 Å². The lowest BCUT2D eigenvalue weighted by Crippen LogP contribution is -2.27. The summed E-state index contributed by atoms with van der Waals surface area (Å²) in [6.07, 6.45) is 1.89. The van der Waals surface area contributed by atoms with Crippen LogP contribution in [0.4, 0.5) is 18.9 Å². The summed E-state index contributed by atoms with van der Waals surface area (Å²) in [5.41, 5.74) is 1.23. The SMILES string of the molecule is O=C(CSc1cn(CCNC(=O)c2ccc(F)cc2)c2ccccc12)Nc1ccc(F)cc1F. The second-order valence-electron chi connectivity index (χ2n) is 7.43. The van der Waals surface area contributed by atoms with Crippen molar-refractivity contribution in [2.45, 2.75) is 11.4 Å². The highest BCUT2D eigenvalue weighted by Crippen LogP contribution is 2.30. The average molecular weight is 484 g/mol. The number of hydrogen-bond acceptors (Lipinski definition) is 3. The minimum absolute atomic E-state index is 0.0339. The van der Waals surface area contributed by atoms with Gasteiger partial charge in [-0.25, -0.2) is 13.2 Å². The van der Waals surface area contributed by atoms with Crippen molar-refractivity contribution in [3.05, 3.63) is 95.9 Å². The largest absolute Gasteiger partial charge is 0.350 e. The van der Waals surface area contributed by atoms with Gasteiger partial charge in [0, 0.05) is 46.7 Å². The van der Waals surface area contributed by atoms with Crippen molar-refractivity contribution in [3.8, 4) is 0 Å². The van der Waals surface area contributed by atoms with E-state index in [-0.39, 0.29) is 17.3 Å². The Kier molecular flexibility index (Phi) is 7.22. The third-order valence-corrected chi connectivity index (χ3v) is 6.10. The van der Waals surface area contributed by atoms with Crippen molar-refractivity contribution >= 4 is 40.2 Å². The molecule has 9 heteroatoms. The Morgan fingerprint density at radius 3 is 2.41 bits per heavy atom. The fourth-order valence-electron chi connectivity index (χ4n) is 3.43. The van der Waals surface area contributed by atoms with Gasteiger partial charge in [-0.2, -0.15) is 0 Å². The van der Waals surface area contributed by atoms with E-state index in [0.29, 0.717) is 24.7 Å². The first-order valence-corrected chi connectivity index (χ1v) is 11.4. The van der Waals surface area contributed by atoms with Gasteiger partial charge in [0.2, 0.25) is 5.91 Å². The highest BCUT2D eigenvalue weighted by Gasteiger charge is 2.13. The second-order valence-corrected chi connectivity index (χ2v) is 8.44. The second kappa shape index (κ2) is 10.5. The number of benzene rings is 3. The molecule has 0 aliphatic carbocycles. The van der Waals surface area contributed by atoms with Crippen molar-refractivity contribution in [2.75, 3.05) is 17.6 Å². The van der Waals surface area contributed by atoms with E-state index in [1.807, 2.05) is 35.0 Å². The first-order valence-electron chi connectivity index (χ1n) is 10.4. The summed E-state index contributed by atoms with van der Waals surface area (Å²) in [5.74, 6) is -2.64. The van der Waals surface area contributed by atoms with Gasteiger partial charge in [0.25, 0.3) is 5.91 Å². The van der Waals surface area contributed by atoms with Crippen molar-refractivity contribution in [1.82, 2.24) is 9.88 Å². The van der Waals surface area contributed by atoms with Gasteiger partial charge in [-0.05, 0) is 42.5 Å². The molecule has 0 atom stereocenters. The standard InChI is InChI=1S/C25H20F3N3O2S/c26-17-7-5-16(6-8-17)25(33)29-11-12-31-14-23(19-3-1-2-4-22(19)31)34-15-24(32)30-21-10-9-18(27)13-20(21)28/h1-10,13-14H,11-12,15H2,(H,29,33)(H,30,32). The van der Waals surface area contributed by atoms with E-state index in [9.17, 15) is 22.8 Å². The molecule has 0 saturated heterocycles. The molecule has 2 N–H and O–H groups in total. The molecule has 34 heavy (non-hydrogen) atoms. The molecule has 4 rings (SSSR count). The van der Waals surface area contributed by atoms with Gasteiger partial charge in [0.1, 0.15) is 17.5 Å². The third kappa shape index (κ3) is 5.60. The van der Waals surface area contributed by atoms with Gasteiger partial charge >= 0.3 is 0 Å². The van der Waals surface area contributed by atoms with Gasteiger partial charge in [0.15, 0.2) is 0 Å². The van der Waals surface area contributed by atoms with Gasteiger partial charge in [0.05, 0.1) is 11.4 Å². The van der Waals surface area contributed by atoms with Crippen LogP contribution in [0.15, 0.2) is 77.8 Å². The highest BCUT2D eigenvalue weighted by molar-refractivity contribution is 8.00. The maximum Gasteiger partial charge on any atom is 0.251 e. The fourth-order valence-corrected chi connectivity index (χ4v) is 4.32. The Bertz CT molecular complexity index is 1340. The lowest BCUT2D eigenvalue weighted by Gasteiger charge is -2.07. The zero-order chi connectivity index (χ0) is 24.1. The van der Waals surface area contributed by atoms with Crippen LogP contribution in [0.25, 0.3) is 10.9 Å². The first kappa shape index (κ1) is 23.4. The van der Waals surface area contributed by atoms with Crippen LogP contribution in [0.2, 0.25) is 0 Å². The monoisotopic (exact) mass is 483 g/mol. The predicted molar refractivity (Wildman–Crippen MR) is 126 cm³/mol. The molecule has 174 valence electrons. The number of fused-ring (bicyclic) bond motifs is 1. The van der Waals surface area contributed by atoms with E-state index in [0.717, 1.165) is 21.9 Å². The summed E-state index contributed by atoms with van der Waals surface area (Å²) in [5, 5.41) is 6.20. The summed E-state index contributed by atoms with van der Waals surface area (Å²) >= 11 is 1.29. The number of nitrogens with zero attached hydrogens (tertiary/aromatic N) is 1. The van der Waals surface area contributed by atoms with Crippen LogP contribution in [-0.4, -0.2) is 28.7 Å². The number of hydrogen-bond donors (Lipinski definition) is 2. The topological polar surface area (TPSA) is 63.1 Å². The maximum absolute atomic E-state index is 13.8. The van der Waals surface area contributed by atoms with Crippen LogP contribution < -0.4 is 10.6 Å². The molecule has 0 aliphatic heterocycles. The minimum atomic E-state index is -0.836. The molecule has 0 bridgehead atoms. The van der Waals surface area contributed by atoms with Gasteiger partial charge < -0.3 is 15.2 Å². The number of thioether (sulfide) groups is 1. The van der Waals surface area contributed by atoms with E-state index in [1.165, 1.54) is 42.1 Å². The number of carbonyl (C=O) groups is 2. The molecule has 3 aromatic carbocycles. The molecule has 0 unspecified atom stereocenters. The van der Waals surface area contributed by atoms with Crippen molar-refractivity contribution in [1.29, 1.82) is 0 Å². The zero-order valence-electron chi connectivity index (χ0n) is 17.9. The molecule has 0 radical (unpaired) electrons. The molecular formula is C25H20F3N3O2S. The van der Waals surface area contributed by atoms with Crippen LogP contribution in [0.5, 0.6) is 0 Å². The molecule has 1 aromatic heterocycles. The van der Waals surface area contributed by atoms with Crippen molar-refractivity contribution in [3.63, 3.8) is 0 Å². The zero-order valence-corrected chi connectivity index (χ0v) is 18.7. The number of rotatable bonds is 8. The fraction of sp³-hybridized carbons (Fsp3) is 0.120. The lowest BCUT2D eigenvalue weighted by atomic mass is 10.2. The number of halogens is 3. The van der Waals surface area contributed by atoms with Gasteiger partial charge in [-0.15, -0.1) is 11.8 Å². The van der Waals surface area contributed by atoms with Crippen molar-refractivity contribution in [2.24, 2.45) is 0 Å². The van der Waals surface area contributed by atoms with E-state index in [2.05, 4.69) is 10.6 Å². The van der Waals surface area contributed by atoms with E-state index in [1.54, 1.807) is 0 Å². The maximum atomic E-state index is 13.8. The Labute approximate surface area is 198 Å². The quantitative estimate of drug-likeness (QED) is 0.338. The summed E-state index contributed by atoms with van der Waals surface area (Å²) in [6, 6.07) is 15.9. The Hall–Kier alpha value is -3.72. The van der Waals surface area contributed by atoms with Crippen LogP contribution in [-0.2, 0) is 11.3 Å². The van der Waals surface area contributed by atoms with E-state index < -0.39 is 23.4 Å². The number of aromatic nitrogens is 1. The predicted octanol–water partition coefficient (Wildman–Crippen LogP) is 5.22. The molecule has 0 saturated carbocycles. The number of carbonyl (C=O) groups excluding carboxylic acids is 2. The number of para-hydroxylation sites is 1. The molecule has 5 nitrogen and oxygen atoms in total. The van der Waals surface area contributed by atoms with Crippen LogP contribution in [0.3, 0.4) is 0 Å². The molecule has 0 aliphatic rings. The molecule has 1 heterocycles. The van der Waals surface area contributed by atoms with Gasteiger partial charge in [-0.3, -0.25) is 9.59 Å². The molecule has 2 amide bonds.